The van der Waals surface area contributed by atoms with Crippen molar-refractivity contribution < 1.29 is 4.79 Å². The molecule has 1 aliphatic heterocycles. The Morgan fingerprint density at radius 2 is 1.80 bits per heavy atom. The summed E-state index contributed by atoms with van der Waals surface area (Å²) < 4.78 is 0. The number of fused-ring (bicyclic) bond motifs is 3. The molecule has 0 radical (unpaired) electrons. The summed E-state index contributed by atoms with van der Waals surface area (Å²) in [6.45, 7) is 9.17. The molecule has 1 fully saturated rings. The molecule has 2 nitrogen and oxygen atoms in total. The van der Waals surface area contributed by atoms with Crippen LogP contribution in [0.4, 0.5) is 0 Å². The predicted octanol–water partition coefficient (Wildman–Crippen LogP) is 6.84. The van der Waals surface area contributed by atoms with Crippen LogP contribution in [0, 0.1) is 11.8 Å². The van der Waals surface area contributed by atoms with Crippen LogP contribution < -0.4 is 5.32 Å². The minimum absolute atomic E-state index is 0. The fourth-order valence-electron chi connectivity index (χ4n) is 4.77. The van der Waals surface area contributed by atoms with Crippen LogP contribution in [0.3, 0.4) is 0 Å². The van der Waals surface area contributed by atoms with Crippen LogP contribution >= 0.6 is 34.8 Å². The third-order valence-electron chi connectivity index (χ3n) is 6.07. The smallest absolute Gasteiger partial charge is 0.253 e. The molecule has 2 aliphatic rings. The molecule has 1 aromatic rings. The Morgan fingerprint density at radius 3 is 2.40 bits per heavy atom. The van der Waals surface area contributed by atoms with Crippen molar-refractivity contribution >= 4 is 40.7 Å². The first-order valence-electron chi connectivity index (χ1n) is 8.69. The number of amides is 1. The topological polar surface area (TPSA) is 29.1 Å². The fourth-order valence-corrected chi connectivity index (χ4v) is 6.13. The van der Waals surface area contributed by atoms with E-state index in [0.717, 1.165) is 24.0 Å². The van der Waals surface area contributed by atoms with Gasteiger partial charge in [-0.3, -0.25) is 4.79 Å². The van der Waals surface area contributed by atoms with Gasteiger partial charge in [0.1, 0.15) is 0 Å². The minimum atomic E-state index is -0.188. The molecule has 5 heteroatoms. The van der Waals surface area contributed by atoms with Gasteiger partial charge in [0, 0.05) is 6.54 Å². The average molecular weight is 405 g/mol. The second-order valence-electron chi connectivity index (χ2n) is 7.86. The lowest BCUT2D eigenvalue weighted by Crippen LogP contribution is -2.43. The second-order valence-corrected chi connectivity index (χ2v) is 9.00. The van der Waals surface area contributed by atoms with Gasteiger partial charge in [0.05, 0.1) is 20.6 Å². The van der Waals surface area contributed by atoms with Gasteiger partial charge in [-0.25, -0.2) is 0 Å². The van der Waals surface area contributed by atoms with Crippen molar-refractivity contribution in [2.24, 2.45) is 11.8 Å². The van der Waals surface area contributed by atoms with Gasteiger partial charge in [0.15, 0.2) is 0 Å². The monoisotopic (exact) mass is 403 g/mol. The highest BCUT2D eigenvalue weighted by Gasteiger charge is 2.48. The highest BCUT2D eigenvalue weighted by atomic mass is 35.5. The number of nitrogens with one attached hydrogen (secondary N) is 1. The Hall–Kier alpha value is -0.440. The molecule has 1 aliphatic carbocycles. The summed E-state index contributed by atoms with van der Waals surface area (Å²) in [5, 5.41) is 4.56. The minimum Gasteiger partial charge on any atom is -0.352 e. The molecule has 140 valence electrons. The van der Waals surface area contributed by atoms with Gasteiger partial charge in [0.2, 0.25) is 0 Å². The summed E-state index contributed by atoms with van der Waals surface area (Å²) in [6.07, 6.45) is 3.30. The largest absolute Gasteiger partial charge is 0.352 e. The molecule has 1 aromatic carbocycles. The van der Waals surface area contributed by atoms with Crippen molar-refractivity contribution in [1.29, 1.82) is 0 Å². The molecule has 0 bridgehead atoms. The zero-order valence-corrected chi connectivity index (χ0v) is 16.9. The average Bonchev–Trinajstić information content (AvgIpc) is 2.60. The van der Waals surface area contributed by atoms with E-state index in [0.29, 0.717) is 39.0 Å². The zero-order valence-electron chi connectivity index (χ0n) is 14.6. The van der Waals surface area contributed by atoms with E-state index in [9.17, 15) is 4.79 Å². The first-order chi connectivity index (χ1) is 11.2. The second kappa shape index (κ2) is 7.29. The SMILES string of the molecule is C.CC(C)c1c(Cl)c(Cl)c2c(c1Cl)C(=O)NCC1C(C)CCCC21C. The molecule has 3 atom stereocenters. The molecule has 0 spiro atoms. The molecular formula is C20H28Cl3NO. The molecule has 3 unspecified atom stereocenters. The lowest BCUT2D eigenvalue weighted by atomic mass is 9.59. The zero-order chi connectivity index (χ0) is 17.8. The molecule has 1 heterocycles. The van der Waals surface area contributed by atoms with E-state index in [1.54, 1.807) is 0 Å². The van der Waals surface area contributed by atoms with Crippen molar-refractivity contribution in [3.05, 3.63) is 31.8 Å². The van der Waals surface area contributed by atoms with E-state index in [1.165, 1.54) is 6.42 Å². The molecule has 0 aromatic heterocycles. The lowest BCUT2D eigenvalue weighted by molar-refractivity contribution is 0.0932. The Balaban J connectivity index is 0.00000225. The Bertz CT molecular complexity index is 701. The van der Waals surface area contributed by atoms with Crippen LogP contribution in [0.25, 0.3) is 0 Å². The first kappa shape index (κ1) is 20.9. The lowest BCUT2D eigenvalue weighted by Gasteiger charge is -2.45. The summed E-state index contributed by atoms with van der Waals surface area (Å²) in [5.74, 6) is 0.829. The molecule has 1 amide bonds. The Kier molecular flexibility index (Phi) is 6.08. The highest BCUT2D eigenvalue weighted by Crippen LogP contribution is 2.54. The predicted molar refractivity (Wildman–Crippen MR) is 108 cm³/mol. The summed E-state index contributed by atoms with van der Waals surface area (Å²) in [4.78, 5) is 12.9. The van der Waals surface area contributed by atoms with Gasteiger partial charge in [0.25, 0.3) is 5.91 Å². The summed E-state index contributed by atoms with van der Waals surface area (Å²) in [6, 6.07) is 0. The number of carbonyl (C=O) groups is 1. The molecule has 25 heavy (non-hydrogen) atoms. The number of hydrogen-bond acceptors (Lipinski definition) is 1. The van der Waals surface area contributed by atoms with E-state index in [-0.39, 0.29) is 24.7 Å². The maximum absolute atomic E-state index is 12.9. The Morgan fingerprint density at radius 1 is 1.16 bits per heavy atom. The van der Waals surface area contributed by atoms with Gasteiger partial charge in [-0.15, -0.1) is 0 Å². The van der Waals surface area contributed by atoms with Crippen LogP contribution in [0.15, 0.2) is 0 Å². The van der Waals surface area contributed by atoms with Crippen LogP contribution in [0.2, 0.25) is 15.1 Å². The van der Waals surface area contributed by atoms with Crippen molar-refractivity contribution in [2.75, 3.05) is 6.54 Å². The number of benzene rings is 1. The molecular weight excluding hydrogens is 377 g/mol. The van der Waals surface area contributed by atoms with Crippen molar-refractivity contribution in [3.8, 4) is 0 Å². The van der Waals surface area contributed by atoms with E-state index in [1.807, 2.05) is 13.8 Å². The first-order valence-corrected chi connectivity index (χ1v) is 9.82. The fraction of sp³-hybridized carbons (Fsp3) is 0.650. The normalized spacial score (nSPS) is 28.6. The maximum atomic E-state index is 12.9. The summed E-state index contributed by atoms with van der Waals surface area (Å²) >= 11 is 20.1. The molecule has 3 rings (SSSR count). The third-order valence-corrected chi connectivity index (χ3v) is 7.33. The van der Waals surface area contributed by atoms with Crippen LogP contribution in [0.1, 0.15) is 81.8 Å². The number of halogens is 3. The summed E-state index contributed by atoms with van der Waals surface area (Å²) in [7, 11) is 0. The van der Waals surface area contributed by atoms with Crippen molar-refractivity contribution in [3.63, 3.8) is 0 Å². The van der Waals surface area contributed by atoms with Gasteiger partial charge >= 0.3 is 0 Å². The van der Waals surface area contributed by atoms with Gasteiger partial charge in [-0.05, 0) is 40.7 Å². The number of rotatable bonds is 1. The number of carbonyl (C=O) groups excluding carboxylic acids is 1. The van der Waals surface area contributed by atoms with Gasteiger partial charge < -0.3 is 5.32 Å². The molecule has 0 saturated heterocycles. The number of hydrogen-bond donors (Lipinski definition) is 1. The quantitative estimate of drug-likeness (QED) is 0.510. The van der Waals surface area contributed by atoms with Crippen LogP contribution in [0.5, 0.6) is 0 Å². The highest BCUT2D eigenvalue weighted by molar-refractivity contribution is 6.46. The van der Waals surface area contributed by atoms with E-state index in [2.05, 4.69) is 19.2 Å². The standard InChI is InChI=1S/C19H24Cl3NO.CH4/c1-9(2)12-15(20)13-14(17(22)16(12)21)19(4)7-5-6-10(3)11(19)8-23-18(13)24;/h9-11H,5-8H2,1-4H3,(H,23,24);1H4. The van der Waals surface area contributed by atoms with E-state index < -0.39 is 0 Å². The Labute approximate surface area is 166 Å². The molecule has 1 saturated carbocycles. The van der Waals surface area contributed by atoms with Crippen molar-refractivity contribution in [1.82, 2.24) is 5.32 Å². The summed E-state index contributed by atoms with van der Waals surface area (Å²) in [5.41, 5.74) is 1.97. The third kappa shape index (κ3) is 3.09. The molecule has 1 N–H and O–H groups in total. The van der Waals surface area contributed by atoms with Crippen LogP contribution in [-0.4, -0.2) is 12.5 Å². The van der Waals surface area contributed by atoms with Gasteiger partial charge in [-0.2, -0.15) is 0 Å². The van der Waals surface area contributed by atoms with E-state index >= 15 is 0 Å². The maximum Gasteiger partial charge on any atom is 0.253 e. The van der Waals surface area contributed by atoms with Crippen LogP contribution in [-0.2, 0) is 5.41 Å². The van der Waals surface area contributed by atoms with Gasteiger partial charge in [-0.1, -0.05) is 82.8 Å². The van der Waals surface area contributed by atoms with Crippen molar-refractivity contribution in [2.45, 2.75) is 65.7 Å². The van der Waals surface area contributed by atoms with E-state index in [4.69, 9.17) is 34.8 Å².